The van der Waals surface area contributed by atoms with E-state index in [1.807, 2.05) is 12.3 Å². The summed E-state index contributed by atoms with van der Waals surface area (Å²) in [6.07, 6.45) is 3.10. The molecule has 1 saturated carbocycles. The summed E-state index contributed by atoms with van der Waals surface area (Å²) in [6, 6.07) is 3.08. The second-order valence-electron chi connectivity index (χ2n) is 6.91. The Morgan fingerprint density at radius 3 is 2.85 bits per heavy atom. The standard InChI is InChI=1S/C18H20N4O4S/c1-11-20-13(10-27-11)14-5-4-12(26-14)8-19-15(23)9-22-16(24)18(21-17(22)25)6-2-3-7-18/h4-5,10H,2-3,6-9H2,1H3,(H,19,23)(H,21,25). The number of hydrogen-bond donors (Lipinski definition) is 2. The van der Waals surface area contributed by atoms with Crippen molar-refractivity contribution in [2.75, 3.05) is 6.54 Å². The zero-order valence-electron chi connectivity index (χ0n) is 14.9. The Hall–Kier alpha value is -2.68. The van der Waals surface area contributed by atoms with Crippen molar-refractivity contribution in [2.24, 2.45) is 0 Å². The van der Waals surface area contributed by atoms with Gasteiger partial charge in [0.15, 0.2) is 5.76 Å². The normalized spacial score (nSPS) is 18.3. The van der Waals surface area contributed by atoms with Gasteiger partial charge in [0.1, 0.15) is 23.5 Å². The van der Waals surface area contributed by atoms with Crippen LogP contribution in [-0.4, -0.2) is 39.8 Å². The topological polar surface area (TPSA) is 105 Å². The third-order valence-corrected chi connectivity index (χ3v) is 5.77. The lowest BCUT2D eigenvalue weighted by atomic mass is 9.98. The monoisotopic (exact) mass is 388 g/mol. The van der Waals surface area contributed by atoms with Gasteiger partial charge in [-0.25, -0.2) is 9.78 Å². The molecule has 2 aromatic heterocycles. The smallest absolute Gasteiger partial charge is 0.325 e. The van der Waals surface area contributed by atoms with Crippen LogP contribution in [0.3, 0.4) is 0 Å². The first kappa shape index (κ1) is 17.7. The maximum Gasteiger partial charge on any atom is 0.325 e. The molecule has 27 heavy (non-hydrogen) atoms. The summed E-state index contributed by atoms with van der Waals surface area (Å²) >= 11 is 1.54. The lowest BCUT2D eigenvalue weighted by molar-refractivity contribution is -0.134. The molecule has 2 aliphatic rings. The number of aryl methyl sites for hydroxylation is 1. The molecule has 1 spiro atoms. The number of carbonyl (C=O) groups is 3. The first-order valence-corrected chi connectivity index (χ1v) is 9.77. The van der Waals surface area contributed by atoms with E-state index in [1.165, 1.54) is 11.3 Å². The molecule has 4 amide bonds. The van der Waals surface area contributed by atoms with Crippen molar-refractivity contribution in [1.29, 1.82) is 0 Å². The SMILES string of the molecule is Cc1nc(-c2ccc(CNC(=O)CN3C(=O)NC4(CCCC4)C3=O)o2)cs1. The van der Waals surface area contributed by atoms with Crippen LogP contribution in [-0.2, 0) is 16.1 Å². The number of hydrogen-bond acceptors (Lipinski definition) is 6. The highest BCUT2D eigenvalue weighted by molar-refractivity contribution is 7.09. The van der Waals surface area contributed by atoms with E-state index >= 15 is 0 Å². The predicted molar refractivity (Wildman–Crippen MR) is 97.8 cm³/mol. The molecule has 2 N–H and O–H groups in total. The van der Waals surface area contributed by atoms with E-state index < -0.39 is 17.5 Å². The second-order valence-corrected chi connectivity index (χ2v) is 7.97. The van der Waals surface area contributed by atoms with E-state index in [9.17, 15) is 14.4 Å². The van der Waals surface area contributed by atoms with Crippen molar-refractivity contribution in [3.05, 3.63) is 28.3 Å². The Bertz CT molecular complexity index is 897. The van der Waals surface area contributed by atoms with Crippen LogP contribution in [0.4, 0.5) is 4.79 Å². The molecule has 4 rings (SSSR count). The van der Waals surface area contributed by atoms with Gasteiger partial charge in [-0.1, -0.05) is 12.8 Å². The van der Waals surface area contributed by atoms with E-state index in [4.69, 9.17) is 4.42 Å². The van der Waals surface area contributed by atoms with Crippen molar-refractivity contribution in [1.82, 2.24) is 20.5 Å². The number of aromatic nitrogens is 1. The molecule has 142 valence electrons. The molecule has 3 heterocycles. The summed E-state index contributed by atoms with van der Waals surface area (Å²) in [6.45, 7) is 1.81. The average molecular weight is 388 g/mol. The number of amides is 4. The average Bonchev–Trinajstić information content (AvgIpc) is 3.40. The molecule has 8 nitrogen and oxygen atoms in total. The third-order valence-electron chi connectivity index (χ3n) is 5.00. The molecular formula is C18H20N4O4S. The van der Waals surface area contributed by atoms with Gasteiger partial charge in [-0.15, -0.1) is 11.3 Å². The summed E-state index contributed by atoms with van der Waals surface area (Å²) in [4.78, 5) is 42.2. The highest BCUT2D eigenvalue weighted by Crippen LogP contribution is 2.34. The molecule has 0 bridgehead atoms. The first-order chi connectivity index (χ1) is 13.0. The molecule has 0 radical (unpaired) electrons. The van der Waals surface area contributed by atoms with E-state index in [0.29, 0.717) is 24.4 Å². The molecular weight excluding hydrogens is 368 g/mol. The van der Waals surface area contributed by atoms with Crippen LogP contribution in [0.2, 0.25) is 0 Å². The minimum absolute atomic E-state index is 0.177. The van der Waals surface area contributed by atoms with Gasteiger partial charge < -0.3 is 15.1 Å². The lowest BCUT2D eigenvalue weighted by Gasteiger charge is -2.19. The minimum Gasteiger partial charge on any atom is -0.458 e. The maximum absolute atomic E-state index is 12.6. The number of furan rings is 1. The molecule has 1 aliphatic heterocycles. The fourth-order valence-electron chi connectivity index (χ4n) is 3.61. The predicted octanol–water partition coefficient (Wildman–Crippen LogP) is 2.19. The van der Waals surface area contributed by atoms with Gasteiger partial charge in [0.05, 0.1) is 11.6 Å². The highest BCUT2D eigenvalue weighted by atomic mass is 32.1. The molecule has 0 unspecified atom stereocenters. The van der Waals surface area contributed by atoms with Gasteiger partial charge in [-0.2, -0.15) is 0 Å². The third kappa shape index (κ3) is 3.34. The van der Waals surface area contributed by atoms with Gasteiger partial charge in [0.25, 0.3) is 5.91 Å². The number of thiazole rings is 1. The Morgan fingerprint density at radius 1 is 1.37 bits per heavy atom. The van der Waals surface area contributed by atoms with Crippen LogP contribution in [0.1, 0.15) is 36.5 Å². The summed E-state index contributed by atoms with van der Waals surface area (Å²) in [5, 5.41) is 8.31. The van der Waals surface area contributed by atoms with Crippen LogP contribution >= 0.6 is 11.3 Å². The van der Waals surface area contributed by atoms with Crippen molar-refractivity contribution < 1.29 is 18.8 Å². The van der Waals surface area contributed by atoms with Crippen LogP contribution < -0.4 is 10.6 Å². The Labute approximate surface area is 159 Å². The number of nitrogens with one attached hydrogen (secondary N) is 2. The van der Waals surface area contributed by atoms with Gasteiger partial charge >= 0.3 is 6.03 Å². The number of urea groups is 1. The van der Waals surface area contributed by atoms with Crippen molar-refractivity contribution >= 4 is 29.2 Å². The zero-order valence-corrected chi connectivity index (χ0v) is 15.7. The molecule has 0 aromatic carbocycles. The van der Waals surface area contributed by atoms with E-state index in [-0.39, 0.29) is 19.0 Å². The van der Waals surface area contributed by atoms with Gasteiger partial charge in [0, 0.05) is 5.38 Å². The molecule has 9 heteroatoms. The molecule has 1 saturated heterocycles. The van der Waals surface area contributed by atoms with E-state index in [1.54, 1.807) is 12.1 Å². The second kappa shape index (κ2) is 6.80. The summed E-state index contributed by atoms with van der Waals surface area (Å²) in [5.41, 5.74) is -0.0323. The van der Waals surface area contributed by atoms with Crippen LogP contribution in [0.15, 0.2) is 21.9 Å². The van der Waals surface area contributed by atoms with Crippen LogP contribution in [0.25, 0.3) is 11.5 Å². The van der Waals surface area contributed by atoms with Crippen molar-refractivity contribution in [3.63, 3.8) is 0 Å². The Balaban J connectivity index is 1.33. The molecule has 2 fully saturated rings. The van der Waals surface area contributed by atoms with E-state index in [0.717, 1.165) is 28.4 Å². The minimum atomic E-state index is -0.793. The van der Waals surface area contributed by atoms with Crippen LogP contribution in [0.5, 0.6) is 0 Å². The van der Waals surface area contributed by atoms with Gasteiger partial charge in [0.2, 0.25) is 5.91 Å². The summed E-state index contributed by atoms with van der Waals surface area (Å²) in [7, 11) is 0. The van der Waals surface area contributed by atoms with Gasteiger partial charge in [-0.05, 0) is 31.9 Å². The lowest BCUT2D eigenvalue weighted by Crippen LogP contribution is -2.45. The summed E-state index contributed by atoms with van der Waals surface area (Å²) < 4.78 is 5.69. The Kier molecular flexibility index (Phi) is 4.47. The number of nitrogens with zero attached hydrogens (tertiary/aromatic N) is 2. The molecule has 0 atom stereocenters. The quantitative estimate of drug-likeness (QED) is 0.764. The molecule has 1 aliphatic carbocycles. The first-order valence-electron chi connectivity index (χ1n) is 8.89. The summed E-state index contributed by atoms with van der Waals surface area (Å²) in [5.74, 6) is 0.518. The fraction of sp³-hybridized carbons (Fsp3) is 0.444. The fourth-order valence-corrected chi connectivity index (χ4v) is 4.21. The van der Waals surface area contributed by atoms with E-state index in [2.05, 4.69) is 15.6 Å². The Morgan fingerprint density at radius 2 is 2.15 bits per heavy atom. The highest BCUT2D eigenvalue weighted by Gasteiger charge is 2.52. The maximum atomic E-state index is 12.6. The number of rotatable bonds is 5. The van der Waals surface area contributed by atoms with Crippen molar-refractivity contribution in [2.45, 2.75) is 44.7 Å². The van der Waals surface area contributed by atoms with Gasteiger partial charge in [-0.3, -0.25) is 14.5 Å². The zero-order chi connectivity index (χ0) is 19.0. The largest absolute Gasteiger partial charge is 0.458 e. The van der Waals surface area contributed by atoms with Crippen LogP contribution in [0, 0.1) is 6.92 Å². The molecule has 2 aromatic rings. The van der Waals surface area contributed by atoms with Crippen molar-refractivity contribution in [3.8, 4) is 11.5 Å². The number of carbonyl (C=O) groups excluding carboxylic acids is 3. The number of imide groups is 1.